The second-order valence-electron chi connectivity index (χ2n) is 7.15. The summed E-state index contributed by atoms with van der Waals surface area (Å²) in [5, 5.41) is 11.1. The van der Waals surface area contributed by atoms with E-state index < -0.39 is 18.4 Å². The standard InChI is InChI=1S/C19H28F2O/c1-14(2)12-15-8-10-17(11-9-15)19(22,13-18(20)21)16-6-4-3-5-7-16/h8-11,14,16,18,22H,3-7,12-13H2,1-2H3. The van der Waals surface area contributed by atoms with Crippen molar-refractivity contribution in [3.05, 3.63) is 35.4 Å². The van der Waals surface area contributed by atoms with Crippen LogP contribution < -0.4 is 0 Å². The van der Waals surface area contributed by atoms with E-state index in [-0.39, 0.29) is 5.92 Å². The van der Waals surface area contributed by atoms with Gasteiger partial charge >= 0.3 is 0 Å². The molecule has 1 aromatic carbocycles. The normalized spacial score (nSPS) is 19.6. The van der Waals surface area contributed by atoms with Crippen molar-refractivity contribution >= 4 is 0 Å². The highest BCUT2D eigenvalue weighted by atomic mass is 19.3. The molecule has 0 saturated heterocycles. The van der Waals surface area contributed by atoms with Crippen LogP contribution in [-0.4, -0.2) is 11.5 Å². The predicted molar refractivity (Wildman–Crippen MR) is 86.1 cm³/mol. The average Bonchev–Trinajstić information content (AvgIpc) is 2.47. The second-order valence-corrected chi connectivity index (χ2v) is 7.15. The topological polar surface area (TPSA) is 20.2 Å². The number of alkyl halides is 2. The monoisotopic (exact) mass is 310 g/mol. The molecule has 0 radical (unpaired) electrons. The second kappa shape index (κ2) is 7.54. The van der Waals surface area contributed by atoms with Gasteiger partial charge in [0.15, 0.2) is 0 Å². The Bertz CT molecular complexity index is 449. The van der Waals surface area contributed by atoms with Gasteiger partial charge in [0.25, 0.3) is 0 Å². The SMILES string of the molecule is CC(C)Cc1ccc(C(O)(CC(F)F)C2CCCCC2)cc1. The van der Waals surface area contributed by atoms with Crippen LogP contribution in [0.5, 0.6) is 0 Å². The van der Waals surface area contributed by atoms with Gasteiger partial charge in [0.2, 0.25) is 6.43 Å². The summed E-state index contributed by atoms with van der Waals surface area (Å²) in [7, 11) is 0. The molecule has 1 nitrogen and oxygen atoms in total. The van der Waals surface area contributed by atoms with Gasteiger partial charge in [-0.1, -0.05) is 57.4 Å². The van der Waals surface area contributed by atoms with Crippen molar-refractivity contribution in [3.63, 3.8) is 0 Å². The van der Waals surface area contributed by atoms with Crippen molar-refractivity contribution < 1.29 is 13.9 Å². The van der Waals surface area contributed by atoms with Gasteiger partial charge in [-0.2, -0.15) is 0 Å². The van der Waals surface area contributed by atoms with Gasteiger partial charge in [-0.25, -0.2) is 8.78 Å². The van der Waals surface area contributed by atoms with Crippen molar-refractivity contribution in [2.24, 2.45) is 11.8 Å². The number of hydrogen-bond acceptors (Lipinski definition) is 1. The lowest BCUT2D eigenvalue weighted by molar-refractivity contribution is -0.0809. The van der Waals surface area contributed by atoms with Crippen molar-refractivity contribution in [1.82, 2.24) is 0 Å². The number of aliphatic hydroxyl groups is 1. The Morgan fingerprint density at radius 3 is 2.18 bits per heavy atom. The van der Waals surface area contributed by atoms with Crippen LogP contribution >= 0.6 is 0 Å². The summed E-state index contributed by atoms with van der Waals surface area (Å²) in [6, 6.07) is 7.67. The van der Waals surface area contributed by atoms with Crippen LogP contribution in [0.2, 0.25) is 0 Å². The summed E-state index contributed by atoms with van der Waals surface area (Å²) in [5.74, 6) is 0.510. The molecule has 1 saturated carbocycles. The van der Waals surface area contributed by atoms with E-state index in [1.165, 1.54) is 5.56 Å². The van der Waals surface area contributed by atoms with E-state index in [2.05, 4.69) is 13.8 Å². The molecule has 0 amide bonds. The molecule has 0 spiro atoms. The lowest BCUT2D eigenvalue weighted by Crippen LogP contribution is -2.38. The molecule has 1 fully saturated rings. The summed E-state index contributed by atoms with van der Waals surface area (Å²) in [6.45, 7) is 4.31. The van der Waals surface area contributed by atoms with Gasteiger partial charge in [0.05, 0.1) is 5.60 Å². The zero-order valence-electron chi connectivity index (χ0n) is 13.7. The number of rotatable bonds is 6. The summed E-state index contributed by atoms with van der Waals surface area (Å²) in [6.07, 6.45) is 2.92. The van der Waals surface area contributed by atoms with Gasteiger partial charge in [-0.05, 0) is 42.2 Å². The molecule has 124 valence electrons. The smallest absolute Gasteiger partial charge is 0.241 e. The maximum absolute atomic E-state index is 13.1. The largest absolute Gasteiger partial charge is 0.385 e. The molecule has 1 aromatic rings. The molecule has 1 N–H and O–H groups in total. The van der Waals surface area contributed by atoms with E-state index in [4.69, 9.17) is 0 Å². The fraction of sp³-hybridized carbons (Fsp3) is 0.684. The van der Waals surface area contributed by atoms with Gasteiger partial charge < -0.3 is 5.11 Å². The maximum atomic E-state index is 13.1. The first-order valence-electron chi connectivity index (χ1n) is 8.51. The van der Waals surface area contributed by atoms with E-state index in [9.17, 15) is 13.9 Å². The number of hydrogen-bond donors (Lipinski definition) is 1. The van der Waals surface area contributed by atoms with Crippen LogP contribution in [0, 0.1) is 11.8 Å². The zero-order valence-corrected chi connectivity index (χ0v) is 13.7. The fourth-order valence-electron chi connectivity index (χ4n) is 3.74. The summed E-state index contributed by atoms with van der Waals surface area (Å²) in [4.78, 5) is 0. The van der Waals surface area contributed by atoms with Gasteiger partial charge in [-0.15, -0.1) is 0 Å². The van der Waals surface area contributed by atoms with Crippen LogP contribution in [0.25, 0.3) is 0 Å². The predicted octanol–water partition coefficient (Wildman–Crippen LogP) is 5.31. The Kier molecular flexibility index (Phi) is 5.96. The molecule has 1 aliphatic rings. The molecule has 3 heteroatoms. The number of benzene rings is 1. The van der Waals surface area contributed by atoms with E-state index in [0.717, 1.165) is 38.5 Å². The summed E-state index contributed by atoms with van der Waals surface area (Å²) in [5.41, 5.74) is 0.472. The molecule has 0 aliphatic heterocycles. The van der Waals surface area contributed by atoms with Crippen LogP contribution in [0.15, 0.2) is 24.3 Å². The van der Waals surface area contributed by atoms with Crippen LogP contribution in [0.1, 0.15) is 63.5 Å². The van der Waals surface area contributed by atoms with Crippen molar-refractivity contribution in [1.29, 1.82) is 0 Å². The molecule has 0 heterocycles. The minimum absolute atomic E-state index is 0.0498. The lowest BCUT2D eigenvalue weighted by Gasteiger charge is -2.39. The third-order valence-corrected chi connectivity index (χ3v) is 4.84. The average molecular weight is 310 g/mol. The first-order chi connectivity index (χ1) is 10.4. The van der Waals surface area contributed by atoms with E-state index in [1.54, 1.807) is 0 Å². The molecule has 1 unspecified atom stereocenters. The molecular formula is C19H28F2O. The highest BCUT2D eigenvalue weighted by Crippen LogP contribution is 2.43. The Morgan fingerprint density at radius 2 is 1.68 bits per heavy atom. The highest BCUT2D eigenvalue weighted by Gasteiger charge is 2.41. The van der Waals surface area contributed by atoms with Gasteiger partial charge in [0, 0.05) is 6.42 Å². The van der Waals surface area contributed by atoms with Crippen LogP contribution in [0.3, 0.4) is 0 Å². The Morgan fingerprint density at radius 1 is 1.09 bits per heavy atom. The third-order valence-electron chi connectivity index (χ3n) is 4.84. The highest BCUT2D eigenvalue weighted by molar-refractivity contribution is 5.28. The van der Waals surface area contributed by atoms with E-state index in [0.29, 0.717) is 11.5 Å². The minimum Gasteiger partial charge on any atom is -0.385 e. The summed E-state index contributed by atoms with van der Waals surface area (Å²) < 4.78 is 26.1. The Hall–Kier alpha value is -0.960. The van der Waals surface area contributed by atoms with Gasteiger partial charge in [-0.3, -0.25) is 0 Å². The maximum Gasteiger partial charge on any atom is 0.241 e. The molecule has 22 heavy (non-hydrogen) atoms. The van der Waals surface area contributed by atoms with Crippen LogP contribution in [-0.2, 0) is 12.0 Å². The zero-order chi connectivity index (χ0) is 16.2. The van der Waals surface area contributed by atoms with Crippen molar-refractivity contribution in [3.8, 4) is 0 Å². The van der Waals surface area contributed by atoms with Crippen LogP contribution in [0.4, 0.5) is 8.78 Å². The van der Waals surface area contributed by atoms with Gasteiger partial charge in [0.1, 0.15) is 0 Å². The molecule has 0 bridgehead atoms. The molecule has 1 atom stereocenters. The first kappa shape index (κ1) is 17.4. The van der Waals surface area contributed by atoms with Crippen molar-refractivity contribution in [2.75, 3.05) is 0 Å². The molecule has 0 aromatic heterocycles. The molecule has 2 rings (SSSR count). The fourth-order valence-corrected chi connectivity index (χ4v) is 3.74. The lowest BCUT2D eigenvalue weighted by atomic mass is 9.71. The minimum atomic E-state index is -2.48. The van der Waals surface area contributed by atoms with E-state index >= 15 is 0 Å². The quantitative estimate of drug-likeness (QED) is 0.755. The third kappa shape index (κ3) is 4.28. The summed E-state index contributed by atoms with van der Waals surface area (Å²) >= 11 is 0. The van der Waals surface area contributed by atoms with E-state index in [1.807, 2.05) is 24.3 Å². The number of halogens is 2. The molecule has 1 aliphatic carbocycles. The molecular weight excluding hydrogens is 282 g/mol. The first-order valence-corrected chi connectivity index (χ1v) is 8.51. The van der Waals surface area contributed by atoms with Crippen molar-refractivity contribution in [2.45, 2.75) is 70.8 Å². The Labute approximate surface area is 132 Å². The Balaban J connectivity index is 2.23.